The number of ether oxygens (including phenoxy) is 2. The maximum atomic E-state index is 12.9. The molecule has 35 heavy (non-hydrogen) atoms. The standard InChI is InChI=1S/C24H20N4O6S/c1-28(18-5-3-2-4-6-18)35(30,31)19-10-7-16(8-11-19)22(29)25-24-27-26-23(34-24)17-9-12-20-21(15-17)33-14-13-32-20/h2-12,15H,13-14H2,1H3,(H,25,27,29). The summed E-state index contributed by atoms with van der Waals surface area (Å²) < 4.78 is 43.6. The number of anilines is 2. The Morgan fingerprint density at radius 1 is 0.914 bits per heavy atom. The highest BCUT2D eigenvalue weighted by atomic mass is 32.2. The minimum atomic E-state index is -3.79. The van der Waals surface area contributed by atoms with Crippen molar-refractivity contribution in [2.45, 2.75) is 4.90 Å². The predicted octanol–water partition coefficient (Wildman–Crippen LogP) is 3.59. The van der Waals surface area contributed by atoms with Crippen molar-refractivity contribution in [2.24, 2.45) is 0 Å². The van der Waals surface area contributed by atoms with E-state index in [0.717, 1.165) is 0 Å². The van der Waals surface area contributed by atoms with Crippen LogP contribution in [0.25, 0.3) is 11.5 Å². The van der Waals surface area contributed by atoms with Crippen LogP contribution < -0.4 is 19.1 Å². The average Bonchev–Trinajstić information content (AvgIpc) is 3.37. The molecule has 0 atom stereocenters. The quantitative estimate of drug-likeness (QED) is 0.433. The van der Waals surface area contributed by atoms with Gasteiger partial charge in [-0.15, -0.1) is 5.10 Å². The van der Waals surface area contributed by atoms with Crippen LogP contribution in [0, 0.1) is 0 Å². The number of sulfonamides is 1. The molecule has 1 aliphatic heterocycles. The topological polar surface area (TPSA) is 124 Å². The van der Waals surface area contributed by atoms with Crippen molar-refractivity contribution in [1.29, 1.82) is 0 Å². The zero-order valence-corrected chi connectivity index (χ0v) is 19.4. The lowest BCUT2D eigenvalue weighted by Crippen LogP contribution is -2.26. The van der Waals surface area contributed by atoms with Gasteiger partial charge in [-0.2, -0.15) is 0 Å². The third-order valence-electron chi connectivity index (χ3n) is 5.33. The number of aromatic nitrogens is 2. The molecular formula is C24H20N4O6S. The van der Waals surface area contributed by atoms with Crippen molar-refractivity contribution in [3.8, 4) is 23.0 Å². The van der Waals surface area contributed by atoms with E-state index in [2.05, 4.69) is 15.5 Å². The summed E-state index contributed by atoms with van der Waals surface area (Å²) >= 11 is 0. The van der Waals surface area contributed by atoms with Gasteiger partial charge in [0.15, 0.2) is 11.5 Å². The van der Waals surface area contributed by atoms with E-state index in [4.69, 9.17) is 13.9 Å². The average molecular weight is 493 g/mol. The van der Waals surface area contributed by atoms with Crippen LogP contribution >= 0.6 is 0 Å². The number of nitrogens with zero attached hydrogens (tertiary/aromatic N) is 3. The maximum Gasteiger partial charge on any atom is 0.322 e. The lowest BCUT2D eigenvalue weighted by Gasteiger charge is -2.19. The zero-order valence-electron chi connectivity index (χ0n) is 18.5. The van der Waals surface area contributed by atoms with E-state index in [9.17, 15) is 13.2 Å². The summed E-state index contributed by atoms with van der Waals surface area (Å²) in [6.07, 6.45) is 0. The summed E-state index contributed by atoms with van der Waals surface area (Å²) in [7, 11) is -2.31. The second-order valence-electron chi connectivity index (χ2n) is 7.56. The Bertz CT molecular complexity index is 1470. The van der Waals surface area contributed by atoms with Crippen LogP contribution in [0.1, 0.15) is 10.4 Å². The molecule has 0 aliphatic carbocycles. The Labute approximate surface area is 201 Å². The largest absolute Gasteiger partial charge is 0.486 e. The molecule has 11 heteroatoms. The fraction of sp³-hybridized carbons (Fsp3) is 0.125. The van der Waals surface area contributed by atoms with Crippen LogP contribution in [0.5, 0.6) is 11.5 Å². The Hall–Kier alpha value is -4.38. The van der Waals surface area contributed by atoms with Crippen molar-refractivity contribution in [3.05, 3.63) is 78.4 Å². The van der Waals surface area contributed by atoms with E-state index < -0.39 is 15.9 Å². The molecule has 0 unspecified atom stereocenters. The number of carbonyl (C=O) groups is 1. The number of hydrogen-bond acceptors (Lipinski definition) is 8. The molecule has 5 rings (SSSR count). The smallest absolute Gasteiger partial charge is 0.322 e. The minimum absolute atomic E-state index is 0.0547. The van der Waals surface area contributed by atoms with Gasteiger partial charge in [-0.05, 0) is 54.6 Å². The van der Waals surface area contributed by atoms with E-state index >= 15 is 0 Å². The predicted molar refractivity (Wildman–Crippen MR) is 127 cm³/mol. The molecule has 0 fully saturated rings. The number of amides is 1. The number of fused-ring (bicyclic) bond motifs is 1. The Morgan fingerprint density at radius 3 is 2.37 bits per heavy atom. The van der Waals surface area contributed by atoms with Crippen LogP contribution in [0.2, 0.25) is 0 Å². The highest BCUT2D eigenvalue weighted by molar-refractivity contribution is 7.92. The molecule has 1 aromatic heterocycles. The van der Waals surface area contributed by atoms with Crippen molar-refractivity contribution in [1.82, 2.24) is 10.2 Å². The van der Waals surface area contributed by atoms with Crippen molar-refractivity contribution in [3.63, 3.8) is 0 Å². The first kappa shape index (κ1) is 22.4. The summed E-state index contributed by atoms with van der Waals surface area (Å²) in [5, 5.41) is 10.3. The lowest BCUT2D eigenvalue weighted by atomic mass is 10.2. The van der Waals surface area contributed by atoms with Crippen LogP contribution in [-0.4, -0.2) is 44.8 Å². The van der Waals surface area contributed by atoms with Crippen molar-refractivity contribution in [2.75, 3.05) is 29.9 Å². The van der Waals surface area contributed by atoms with Gasteiger partial charge in [0, 0.05) is 18.2 Å². The van der Waals surface area contributed by atoms with E-state index in [1.165, 1.54) is 35.6 Å². The first-order valence-corrected chi connectivity index (χ1v) is 12.0. The van der Waals surface area contributed by atoms with E-state index in [1.807, 2.05) is 0 Å². The van der Waals surface area contributed by atoms with Crippen molar-refractivity contribution < 1.29 is 27.1 Å². The second kappa shape index (κ2) is 9.11. The fourth-order valence-corrected chi connectivity index (χ4v) is 4.64. The van der Waals surface area contributed by atoms with Crippen LogP contribution in [0.15, 0.2) is 82.1 Å². The SMILES string of the molecule is CN(c1ccccc1)S(=O)(=O)c1ccc(C(=O)Nc2nnc(-c3ccc4c(c3)OCCO4)o2)cc1. The van der Waals surface area contributed by atoms with Gasteiger partial charge in [-0.25, -0.2) is 8.42 Å². The van der Waals surface area contributed by atoms with Gasteiger partial charge in [-0.3, -0.25) is 14.4 Å². The van der Waals surface area contributed by atoms with Gasteiger partial charge in [0.2, 0.25) is 5.89 Å². The van der Waals surface area contributed by atoms with Crippen LogP contribution in [0.4, 0.5) is 11.7 Å². The Kier molecular flexibility index (Phi) is 5.83. The maximum absolute atomic E-state index is 12.9. The molecule has 0 bridgehead atoms. The van der Waals surface area contributed by atoms with Gasteiger partial charge in [0.25, 0.3) is 15.9 Å². The van der Waals surface area contributed by atoms with Gasteiger partial charge < -0.3 is 13.9 Å². The number of rotatable bonds is 6. The monoisotopic (exact) mass is 492 g/mol. The third kappa shape index (κ3) is 4.53. The number of nitrogens with one attached hydrogen (secondary N) is 1. The molecule has 2 heterocycles. The molecule has 0 radical (unpaired) electrons. The summed E-state index contributed by atoms with van der Waals surface area (Å²) in [4.78, 5) is 12.7. The summed E-state index contributed by atoms with van der Waals surface area (Å²) in [5.74, 6) is 0.879. The molecule has 0 saturated heterocycles. The highest BCUT2D eigenvalue weighted by Gasteiger charge is 2.22. The van der Waals surface area contributed by atoms with Gasteiger partial charge >= 0.3 is 6.01 Å². The Morgan fingerprint density at radius 2 is 1.63 bits per heavy atom. The van der Waals surface area contributed by atoms with Gasteiger partial charge in [0.05, 0.1) is 10.6 Å². The molecule has 3 aromatic carbocycles. The first-order chi connectivity index (χ1) is 16.9. The van der Waals surface area contributed by atoms with Gasteiger partial charge in [0.1, 0.15) is 13.2 Å². The fourth-order valence-electron chi connectivity index (χ4n) is 3.45. The molecule has 0 spiro atoms. The molecule has 4 aromatic rings. The van der Waals surface area contributed by atoms with Crippen LogP contribution in [-0.2, 0) is 10.0 Å². The van der Waals surface area contributed by atoms with E-state index in [-0.39, 0.29) is 22.4 Å². The summed E-state index contributed by atoms with van der Waals surface area (Å²) in [6, 6.07) is 19.4. The Balaban J connectivity index is 1.28. The van der Waals surface area contributed by atoms with E-state index in [1.54, 1.807) is 48.5 Å². The lowest BCUT2D eigenvalue weighted by molar-refractivity contribution is 0.102. The summed E-state index contributed by atoms with van der Waals surface area (Å²) in [5.41, 5.74) is 1.37. The second-order valence-corrected chi connectivity index (χ2v) is 9.53. The molecular weight excluding hydrogens is 472 g/mol. The van der Waals surface area contributed by atoms with E-state index in [0.29, 0.717) is 36.0 Å². The highest BCUT2D eigenvalue weighted by Crippen LogP contribution is 2.34. The third-order valence-corrected chi connectivity index (χ3v) is 7.13. The molecule has 1 aliphatic rings. The van der Waals surface area contributed by atoms with Crippen molar-refractivity contribution >= 4 is 27.6 Å². The first-order valence-electron chi connectivity index (χ1n) is 10.6. The summed E-state index contributed by atoms with van der Waals surface area (Å²) in [6.45, 7) is 0.934. The minimum Gasteiger partial charge on any atom is -0.486 e. The molecule has 178 valence electrons. The molecule has 0 saturated carbocycles. The zero-order chi connectivity index (χ0) is 24.4. The van der Waals surface area contributed by atoms with Crippen LogP contribution in [0.3, 0.4) is 0 Å². The number of benzene rings is 3. The molecule has 10 nitrogen and oxygen atoms in total. The normalized spacial score (nSPS) is 12.7. The number of carbonyl (C=O) groups excluding carboxylic acids is 1. The number of para-hydroxylation sites is 1. The molecule has 1 amide bonds. The van der Waals surface area contributed by atoms with Gasteiger partial charge in [-0.1, -0.05) is 23.3 Å². The number of hydrogen-bond donors (Lipinski definition) is 1. The molecule has 1 N–H and O–H groups in total.